The molecule has 152 valence electrons. The lowest BCUT2D eigenvalue weighted by molar-refractivity contribution is -0.125. The molecule has 0 radical (unpaired) electrons. The number of carbonyl (C=O) groups is 1. The van der Waals surface area contributed by atoms with Crippen LogP contribution >= 0.6 is 0 Å². The molecule has 1 amide bonds. The number of rotatable bonds is 4. The number of aliphatic imine (C=N–C) groups is 1. The summed E-state index contributed by atoms with van der Waals surface area (Å²) in [6, 6.07) is 15.8. The van der Waals surface area contributed by atoms with Crippen molar-refractivity contribution in [2.24, 2.45) is 10.4 Å². The Hall–Kier alpha value is -2.66. The molecule has 0 aromatic heterocycles. The quantitative estimate of drug-likeness (QED) is 0.767. The second-order valence-corrected chi connectivity index (χ2v) is 8.51. The maximum absolute atomic E-state index is 13.6. The molecular weight excluding hydrogens is 362 g/mol. The van der Waals surface area contributed by atoms with E-state index in [-0.39, 0.29) is 11.9 Å². The van der Waals surface area contributed by atoms with E-state index in [0.717, 1.165) is 36.0 Å². The Bertz CT molecular complexity index is 910. The van der Waals surface area contributed by atoms with Gasteiger partial charge in [-0.1, -0.05) is 17.7 Å². The van der Waals surface area contributed by atoms with E-state index in [1.165, 1.54) is 18.4 Å². The van der Waals surface area contributed by atoms with Gasteiger partial charge in [0.15, 0.2) is 0 Å². The van der Waals surface area contributed by atoms with Gasteiger partial charge < -0.3 is 4.74 Å². The van der Waals surface area contributed by atoms with Crippen LogP contribution in [-0.2, 0) is 4.79 Å². The molecule has 0 unspecified atom stereocenters. The second kappa shape index (κ2) is 7.64. The Morgan fingerprint density at radius 3 is 2.21 bits per heavy atom. The van der Waals surface area contributed by atoms with Gasteiger partial charge in [0.05, 0.1) is 29.9 Å². The fourth-order valence-corrected chi connectivity index (χ4v) is 4.42. The highest BCUT2D eigenvalue weighted by atomic mass is 16.5. The smallest absolute Gasteiger partial charge is 0.240 e. The zero-order valence-corrected chi connectivity index (χ0v) is 17.7. The van der Waals surface area contributed by atoms with Gasteiger partial charge in [-0.15, -0.1) is 0 Å². The minimum atomic E-state index is -0.541. The van der Waals surface area contributed by atoms with Crippen molar-refractivity contribution in [3.8, 4) is 5.75 Å². The van der Waals surface area contributed by atoms with Crippen LogP contribution in [0.5, 0.6) is 5.75 Å². The maximum Gasteiger partial charge on any atom is 0.240 e. The highest BCUT2D eigenvalue weighted by molar-refractivity contribution is 6.27. The van der Waals surface area contributed by atoms with E-state index in [1.54, 1.807) is 7.11 Å². The fraction of sp³-hybridized carbons (Fsp3) is 0.417. The van der Waals surface area contributed by atoms with Crippen molar-refractivity contribution in [1.29, 1.82) is 0 Å². The van der Waals surface area contributed by atoms with Gasteiger partial charge in [0, 0.05) is 0 Å². The predicted molar refractivity (Wildman–Crippen MR) is 117 cm³/mol. The van der Waals surface area contributed by atoms with Crippen molar-refractivity contribution in [3.63, 3.8) is 0 Å². The van der Waals surface area contributed by atoms with Gasteiger partial charge in [-0.2, -0.15) is 0 Å². The number of likely N-dealkylation sites (tertiary alicyclic amines) is 1. The summed E-state index contributed by atoms with van der Waals surface area (Å²) in [7, 11) is 1.65. The van der Waals surface area contributed by atoms with Gasteiger partial charge in [0.1, 0.15) is 11.6 Å². The molecule has 2 aromatic carbocycles. The number of methoxy groups -OCH3 is 1. The first kappa shape index (κ1) is 19.6. The monoisotopic (exact) mass is 391 g/mol. The molecule has 2 aromatic rings. The standard InChI is InChI=1S/C24H29N3O2/c1-17-7-11-19(12-8-17)27-22(25-18-9-13-20(29-4)14-10-18)21(24(2,3)23(27)28)26-15-5-6-16-26/h7-14,21H,5-6,15-16H2,1-4H3/t21-/m1/s1. The number of hydrogen-bond acceptors (Lipinski definition) is 4. The fourth-order valence-electron chi connectivity index (χ4n) is 4.42. The molecule has 2 heterocycles. The number of nitrogens with zero attached hydrogens (tertiary/aromatic N) is 3. The van der Waals surface area contributed by atoms with Crippen molar-refractivity contribution in [2.75, 3.05) is 25.1 Å². The van der Waals surface area contributed by atoms with E-state index in [9.17, 15) is 4.79 Å². The van der Waals surface area contributed by atoms with E-state index < -0.39 is 5.41 Å². The predicted octanol–water partition coefficient (Wildman–Crippen LogP) is 4.57. The van der Waals surface area contributed by atoms with E-state index in [2.05, 4.69) is 25.7 Å². The van der Waals surface area contributed by atoms with Gasteiger partial charge in [-0.25, -0.2) is 4.99 Å². The maximum atomic E-state index is 13.6. The number of ether oxygens (including phenoxy) is 1. The lowest BCUT2D eigenvalue weighted by Crippen LogP contribution is -2.46. The van der Waals surface area contributed by atoms with E-state index >= 15 is 0 Å². The van der Waals surface area contributed by atoms with Crippen LogP contribution in [-0.4, -0.2) is 42.9 Å². The number of amides is 1. The molecule has 2 aliphatic heterocycles. The molecule has 0 saturated carbocycles. The first-order valence-corrected chi connectivity index (χ1v) is 10.3. The minimum absolute atomic E-state index is 0.0408. The molecular formula is C24H29N3O2. The Kier molecular flexibility index (Phi) is 5.17. The minimum Gasteiger partial charge on any atom is -0.497 e. The van der Waals surface area contributed by atoms with Gasteiger partial charge in [0.25, 0.3) is 0 Å². The highest BCUT2D eigenvalue weighted by Gasteiger charge is 2.55. The summed E-state index contributed by atoms with van der Waals surface area (Å²) < 4.78 is 5.27. The Morgan fingerprint density at radius 1 is 1.00 bits per heavy atom. The number of carbonyl (C=O) groups excluding carboxylic acids is 1. The number of aryl methyl sites for hydroxylation is 1. The summed E-state index contributed by atoms with van der Waals surface area (Å²) in [5.41, 5.74) is 2.33. The molecule has 0 N–H and O–H groups in total. The molecule has 0 aliphatic carbocycles. The largest absolute Gasteiger partial charge is 0.497 e. The molecule has 1 atom stereocenters. The zero-order chi connectivity index (χ0) is 20.6. The first-order chi connectivity index (χ1) is 13.9. The molecule has 5 nitrogen and oxygen atoms in total. The van der Waals surface area contributed by atoms with Crippen molar-refractivity contribution in [1.82, 2.24) is 4.90 Å². The lowest BCUT2D eigenvalue weighted by atomic mass is 9.85. The summed E-state index contributed by atoms with van der Waals surface area (Å²) in [5, 5.41) is 0. The van der Waals surface area contributed by atoms with Crippen LogP contribution in [0.25, 0.3) is 0 Å². The summed E-state index contributed by atoms with van der Waals surface area (Å²) in [6.45, 7) is 8.17. The van der Waals surface area contributed by atoms with E-state index in [4.69, 9.17) is 9.73 Å². The van der Waals surface area contributed by atoms with Crippen LogP contribution in [0.3, 0.4) is 0 Å². The van der Waals surface area contributed by atoms with Crippen molar-refractivity contribution in [2.45, 2.75) is 39.7 Å². The van der Waals surface area contributed by atoms with Gasteiger partial charge in [-0.05, 0) is 83.1 Å². The molecule has 29 heavy (non-hydrogen) atoms. The normalized spacial score (nSPS) is 23.2. The molecule has 0 bridgehead atoms. The number of anilines is 1. The molecule has 0 spiro atoms. The van der Waals surface area contributed by atoms with Crippen LogP contribution in [0.4, 0.5) is 11.4 Å². The van der Waals surface area contributed by atoms with Gasteiger partial charge in [0.2, 0.25) is 5.91 Å². The van der Waals surface area contributed by atoms with Crippen LogP contribution in [0.1, 0.15) is 32.3 Å². The van der Waals surface area contributed by atoms with Crippen LogP contribution < -0.4 is 9.64 Å². The van der Waals surface area contributed by atoms with Crippen molar-refractivity contribution in [3.05, 3.63) is 54.1 Å². The van der Waals surface area contributed by atoms with Crippen LogP contribution in [0, 0.1) is 12.3 Å². The third-order valence-corrected chi connectivity index (χ3v) is 6.03. The van der Waals surface area contributed by atoms with Crippen molar-refractivity contribution < 1.29 is 9.53 Å². The third kappa shape index (κ3) is 3.55. The first-order valence-electron chi connectivity index (χ1n) is 10.3. The summed E-state index contributed by atoms with van der Waals surface area (Å²) in [5.74, 6) is 1.71. The molecule has 5 heteroatoms. The van der Waals surface area contributed by atoms with Crippen LogP contribution in [0.15, 0.2) is 53.5 Å². The summed E-state index contributed by atoms with van der Waals surface area (Å²) >= 11 is 0. The second-order valence-electron chi connectivity index (χ2n) is 8.51. The Labute approximate surface area is 173 Å². The number of benzene rings is 2. The highest BCUT2D eigenvalue weighted by Crippen LogP contribution is 2.41. The van der Waals surface area contributed by atoms with E-state index in [0.29, 0.717) is 0 Å². The molecule has 2 saturated heterocycles. The van der Waals surface area contributed by atoms with Gasteiger partial charge >= 0.3 is 0 Å². The van der Waals surface area contributed by atoms with Crippen LogP contribution in [0.2, 0.25) is 0 Å². The topological polar surface area (TPSA) is 45.1 Å². The number of hydrogen-bond donors (Lipinski definition) is 0. The SMILES string of the molecule is COc1ccc(N=C2[C@@H](N3CCCC3)C(C)(C)C(=O)N2c2ccc(C)cc2)cc1. The molecule has 2 aliphatic rings. The summed E-state index contributed by atoms with van der Waals surface area (Å²) in [6.07, 6.45) is 2.34. The molecule has 4 rings (SSSR count). The Balaban J connectivity index is 1.83. The van der Waals surface area contributed by atoms with E-state index in [1.807, 2.05) is 53.4 Å². The number of amidine groups is 1. The van der Waals surface area contributed by atoms with Crippen molar-refractivity contribution >= 4 is 23.1 Å². The zero-order valence-electron chi connectivity index (χ0n) is 17.7. The molecule has 2 fully saturated rings. The van der Waals surface area contributed by atoms with Gasteiger partial charge in [-0.3, -0.25) is 14.6 Å². The third-order valence-electron chi connectivity index (χ3n) is 6.03. The summed E-state index contributed by atoms with van der Waals surface area (Å²) in [4.78, 5) is 22.8. The lowest BCUT2D eigenvalue weighted by Gasteiger charge is -2.31. The Morgan fingerprint density at radius 2 is 1.62 bits per heavy atom. The average Bonchev–Trinajstić information content (AvgIpc) is 3.29. The average molecular weight is 392 g/mol.